The van der Waals surface area contributed by atoms with Gasteiger partial charge in [0.25, 0.3) is 0 Å². The van der Waals surface area contributed by atoms with E-state index in [9.17, 15) is 14.0 Å². The quantitative estimate of drug-likeness (QED) is 0.393. The van der Waals surface area contributed by atoms with Crippen LogP contribution in [-0.2, 0) is 4.79 Å². The van der Waals surface area contributed by atoms with Gasteiger partial charge in [0.15, 0.2) is 5.82 Å². The third-order valence-corrected chi connectivity index (χ3v) is 4.69. The van der Waals surface area contributed by atoms with Crippen LogP contribution >= 0.6 is 0 Å². The minimum Gasteiger partial charge on any atom is -0.366 e. The number of nitrogens with two attached hydrogens (primary N) is 1. The summed E-state index contributed by atoms with van der Waals surface area (Å²) in [6, 6.07) is 9.96. The molecule has 3 aromatic heterocycles. The van der Waals surface area contributed by atoms with E-state index in [1.807, 2.05) is 6.92 Å². The van der Waals surface area contributed by atoms with Gasteiger partial charge in [0, 0.05) is 52.3 Å². The lowest BCUT2D eigenvalue weighted by molar-refractivity contribution is -0.113. The molecule has 7 heteroatoms. The molecule has 6 nitrogen and oxygen atoms in total. The first-order valence-corrected chi connectivity index (χ1v) is 9.14. The van der Waals surface area contributed by atoms with E-state index in [4.69, 9.17) is 5.73 Å². The second-order valence-electron chi connectivity index (χ2n) is 6.85. The van der Waals surface area contributed by atoms with Crippen LogP contribution in [0.3, 0.4) is 0 Å². The second-order valence-corrected chi connectivity index (χ2v) is 6.85. The lowest BCUT2D eigenvalue weighted by Gasteiger charge is -2.06. The molecule has 0 atom stereocenters. The number of aromatic amines is 1. The molecule has 30 heavy (non-hydrogen) atoms. The topological polar surface area (TPSA) is 102 Å². The predicted molar refractivity (Wildman–Crippen MR) is 112 cm³/mol. The Kier molecular flexibility index (Phi) is 4.93. The van der Waals surface area contributed by atoms with Crippen LogP contribution in [0, 0.1) is 12.7 Å². The molecule has 0 aliphatic rings. The van der Waals surface area contributed by atoms with E-state index < -0.39 is 17.5 Å². The number of hydrogen-bond donors (Lipinski definition) is 2. The van der Waals surface area contributed by atoms with Gasteiger partial charge in [-0.25, -0.2) is 14.4 Å². The summed E-state index contributed by atoms with van der Waals surface area (Å²) in [5.41, 5.74) is 8.74. The van der Waals surface area contributed by atoms with Gasteiger partial charge in [-0.2, -0.15) is 0 Å². The van der Waals surface area contributed by atoms with Crippen molar-refractivity contribution in [3.05, 3.63) is 89.3 Å². The Labute approximate surface area is 171 Å². The average Bonchev–Trinajstić information content (AvgIpc) is 3.14. The van der Waals surface area contributed by atoms with Crippen LogP contribution in [0.4, 0.5) is 4.39 Å². The highest BCUT2D eigenvalue weighted by Crippen LogP contribution is 2.26. The molecule has 0 spiro atoms. The summed E-state index contributed by atoms with van der Waals surface area (Å²) >= 11 is 0. The maximum atomic E-state index is 14.7. The second kappa shape index (κ2) is 7.71. The monoisotopic (exact) mass is 400 g/mol. The highest BCUT2D eigenvalue weighted by molar-refractivity contribution is 6.08. The number of ketones is 1. The van der Waals surface area contributed by atoms with E-state index in [-0.39, 0.29) is 5.69 Å². The van der Waals surface area contributed by atoms with E-state index in [1.165, 1.54) is 18.3 Å². The number of aryl methyl sites for hydroxylation is 1. The molecule has 1 amide bonds. The highest BCUT2D eigenvalue weighted by atomic mass is 19.1. The van der Waals surface area contributed by atoms with Crippen molar-refractivity contribution in [3.63, 3.8) is 0 Å². The smallest absolute Gasteiger partial charge is 0.241 e. The van der Waals surface area contributed by atoms with E-state index >= 15 is 0 Å². The SMILES string of the molecule is Cc1ccc(C(=O)c2ncc(-c3cnc4[nH]cc(/C=C/C(N)=O)c4c3)cc2F)cc1. The van der Waals surface area contributed by atoms with Gasteiger partial charge in [0.05, 0.1) is 0 Å². The van der Waals surface area contributed by atoms with Gasteiger partial charge in [-0.1, -0.05) is 29.8 Å². The molecule has 0 fully saturated rings. The minimum absolute atomic E-state index is 0.233. The maximum absolute atomic E-state index is 14.7. The summed E-state index contributed by atoms with van der Waals surface area (Å²) in [5.74, 6) is -1.74. The molecule has 0 aliphatic carbocycles. The summed E-state index contributed by atoms with van der Waals surface area (Å²) < 4.78 is 14.7. The van der Waals surface area contributed by atoms with Gasteiger partial charge in [0.1, 0.15) is 11.3 Å². The molecule has 3 heterocycles. The van der Waals surface area contributed by atoms with Crippen molar-refractivity contribution in [1.29, 1.82) is 0 Å². The number of hydrogen-bond acceptors (Lipinski definition) is 4. The lowest BCUT2D eigenvalue weighted by Crippen LogP contribution is -2.07. The molecule has 0 aliphatic heterocycles. The van der Waals surface area contributed by atoms with E-state index in [2.05, 4.69) is 15.0 Å². The first-order chi connectivity index (χ1) is 14.4. The zero-order valence-electron chi connectivity index (χ0n) is 16.0. The maximum Gasteiger partial charge on any atom is 0.241 e. The molecule has 3 N–H and O–H groups in total. The van der Waals surface area contributed by atoms with Gasteiger partial charge < -0.3 is 10.7 Å². The van der Waals surface area contributed by atoms with Crippen molar-refractivity contribution in [1.82, 2.24) is 15.0 Å². The lowest BCUT2D eigenvalue weighted by atomic mass is 10.0. The standard InChI is InChI=1S/C23H17FN4O2/c1-13-2-4-14(5-3-13)22(30)21-19(24)9-17(11-26-21)16-8-18-15(6-7-20(25)29)10-27-23(18)28-12-16/h2-12H,1H3,(H2,25,29)(H,27,28)/b7-6+. The molecular weight excluding hydrogens is 383 g/mol. The highest BCUT2D eigenvalue weighted by Gasteiger charge is 2.17. The largest absolute Gasteiger partial charge is 0.366 e. The number of rotatable bonds is 5. The average molecular weight is 400 g/mol. The van der Waals surface area contributed by atoms with Crippen molar-refractivity contribution in [2.45, 2.75) is 6.92 Å². The molecule has 4 rings (SSSR count). The number of aromatic nitrogens is 3. The number of amides is 1. The fraction of sp³-hybridized carbons (Fsp3) is 0.0435. The Bertz CT molecular complexity index is 1310. The number of nitrogens with zero attached hydrogens (tertiary/aromatic N) is 2. The molecule has 0 radical (unpaired) electrons. The summed E-state index contributed by atoms with van der Waals surface area (Å²) in [7, 11) is 0. The Morgan fingerprint density at radius 2 is 1.77 bits per heavy atom. The van der Waals surface area contributed by atoms with Crippen LogP contribution in [0.25, 0.3) is 28.2 Å². The Morgan fingerprint density at radius 1 is 1.07 bits per heavy atom. The van der Waals surface area contributed by atoms with Crippen LogP contribution in [0.1, 0.15) is 27.2 Å². The summed E-state index contributed by atoms with van der Waals surface area (Å²) in [4.78, 5) is 35.0. The zero-order chi connectivity index (χ0) is 21.3. The van der Waals surface area contributed by atoms with Gasteiger partial charge in [0.2, 0.25) is 11.7 Å². The number of pyridine rings is 2. The van der Waals surface area contributed by atoms with Crippen molar-refractivity contribution < 1.29 is 14.0 Å². The summed E-state index contributed by atoms with van der Waals surface area (Å²) in [6.45, 7) is 1.91. The van der Waals surface area contributed by atoms with Crippen LogP contribution in [0.2, 0.25) is 0 Å². The van der Waals surface area contributed by atoms with Crippen molar-refractivity contribution in [2.24, 2.45) is 5.73 Å². The summed E-state index contributed by atoms with van der Waals surface area (Å²) in [5, 5.41) is 0.741. The molecule has 0 saturated heterocycles. The van der Waals surface area contributed by atoms with Gasteiger partial charge in [-0.3, -0.25) is 9.59 Å². The molecule has 0 bridgehead atoms. The normalized spacial score (nSPS) is 11.3. The van der Waals surface area contributed by atoms with Gasteiger partial charge in [-0.15, -0.1) is 0 Å². The number of benzene rings is 1. The number of nitrogens with one attached hydrogen (secondary N) is 1. The number of halogens is 1. The number of fused-ring (bicyclic) bond motifs is 1. The summed E-state index contributed by atoms with van der Waals surface area (Å²) in [6.07, 6.45) is 7.55. The zero-order valence-corrected chi connectivity index (χ0v) is 16.0. The fourth-order valence-corrected chi connectivity index (χ4v) is 3.10. The first-order valence-electron chi connectivity index (χ1n) is 9.14. The van der Waals surface area contributed by atoms with Crippen molar-refractivity contribution >= 4 is 28.8 Å². The number of carbonyl (C=O) groups is 2. The first kappa shape index (κ1) is 19.2. The number of carbonyl (C=O) groups excluding carboxylic acids is 2. The van der Waals surface area contributed by atoms with E-state index in [1.54, 1.807) is 48.8 Å². The third kappa shape index (κ3) is 3.73. The van der Waals surface area contributed by atoms with Crippen molar-refractivity contribution in [2.75, 3.05) is 0 Å². The van der Waals surface area contributed by atoms with Crippen molar-refractivity contribution in [3.8, 4) is 11.1 Å². The van der Waals surface area contributed by atoms with E-state index in [0.717, 1.165) is 16.5 Å². The predicted octanol–water partition coefficient (Wildman–Crippen LogP) is 3.80. The molecule has 1 aromatic carbocycles. The van der Waals surface area contributed by atoms with Crippen LogP contribution in [-0.4, -0.2) is 26.6 Å². The molecule has 0 unspecified atom stereocenters. The Balaban J connectivity index is 1.69. The molecule has 4 aromatic rings. The molecule has 0 saturated carbocycles. The molecular formula is C23H17FN4O2. The van der Waals surface area contributed by atoms with Gasteiger partial charge >= 0.3 is 0 Å². The van der Waals surface area contributed by atoms with Crippen LogP contribution in [0.5, 0.6) is 0 Å². The Hall–Kier alpha value is -4.13. The van der Waals surface area contributed by atoms with Crippen LogP contribution < -0.4 is 5.73 Å². The number of primary amides is 1. The van der Waals surface area contributed by atoms with Gasteiger partial charge in [-0.05, 0) is 25.1 Å². The fourth-order valence-electron chi connectivity index (χ4n) is 3.10. The van der Waals surface area contributed by atoms with Crippen LogP contribution in [0.15, 0.2) is 61.1 Å². The molecule has 148 valence electrons. The third-order valence-electron chi connectivity index (χ3n) is 4.69. The Morgan fingerprint density at radius 3 is 2.47 bits per heavy atom. The number of H-pyrrole nitrogens is 1. The minimum atomic E-state index is -0.707. The van der Waals surface area contributed by atoms with E-state index in [0.29, 0.717) is 22.3 Å².